The van der Waals surface area contributed by atoms with E-state index in [0.717, 1.165) is 31.6 Å². The number of hydrogen-bond donors (Lipinski definition) is 1. The molecule has 0 fully saturated rings. The van der Waals surface area contributed by atoms with E-state index in [1.165, 1.54) is 135 Å². The first-order valence-corrected chi connectivity index (χ1v) is 17.5. The molecule has 39 heavy (non-hydrogen) atoms. The van der Waals surface area contributed by atoms with Gasteiger partial charge in [0, 0.05) is 0 Å². The van der Waals surface area contributed by atoms with Crippen molar-refractivity contribution in [1.82, 2.24) is 0 Å². The highest BCUT2D eigenvalue weighted by molar-refractivity contribution is 4.93. The van der Waals surface area contributed by atoms with Gasteiger partial charge in [0.05, 0.1) is 6.10 Å². The highest BCUT2D eigenvalue weighted by Crippen LogP contribution is 2.17. The maximum atomic E-state index is 10.3. The molecule has 0 aromatic heterocycles. The molecule has 1 heteroatoms. The SMILES string of the molecule is CCCCC/C=C\C/C=C\CCCCCCCCC(O)CCCCCC[C@H](C)C/C=C\C/C=C\CCCCC. The molecule has 1 unspecified atom stereocenters. The number of allylic oxidation sites excluding steroid dienone is 8. The molecule has 0 spiro atoms. The number of rotatable bonds is 30. The predicted octanol–water partition coefficient (Wildman–Crippen LogP) is 13.0. The van der Waals surface area contributed by atoms with Gasteiger partial charge in [-0.3, -0.25) is 0 Å². The third kappa shape index (κ3) is 33.0. The van der Waals surface area contributed by atoms with Crippen LogP contribution in [0, 0.1) is 5.92 Å². The Labute approximate surface area is 246 Å². The van der Waals surface area contributed by atoms with Crippen LogP contribution >= 0.6 is 0 Å². The van der Waals surface area contributed by atoms with E-state index in [1.54, 1.807) is 0 Å². The number of unbranched alkanes of at least 4 members (excludes halogenated alkanes) is 15. The summed E-state index contributed by atoms with van der Waals surface area (Å²) < 4.78 is 0. The summed E-state index contributed by atoms with van der Waals surface area (Å²) in [5, 5.41) is 10.3. The van der Waals surface area contributed by atoms with E-state index < -0.39 is 0 Å². The van der Waals surface area contributed by atoms with Crippen molar-refractivity contribution in [2.45, 2.75) is 187 Å². The molecule has 0 aromatic carbocycles. The van der Waals surface area contributed by atoms with Crippen LogP contribution in [0.15, 0.2) is 48.6 Å². The molecule has 1 nitrogen and oxygen atoms in total. The summed E-state index contributed by atoms with van der Waals surface area (Å²) in [6, 6.07) is 0. The summed E-state index contributed by atoms with van der Waals surface area (Å²) in [5.74, 6) is 0.796. The molecular formula is C38H70O. The van der Waals surface area contributed by atoms with Gasteiger partial charge in [0.1, 0.15) is 0 Å². The van der Waals surface area contributed by atoms with Crippen molar-refractivity contribution in [2.24, 2.45) is 5.92 Å². The molecule has 0 bridgehead atoms. The zero-order valence-electron chi connectivity index (χ0n) is 26.9. The first-order valence-electron chi connectivity index (χ1n) is 17.5. The van der Waals surface area contributed by atoms with Crippen molar-refractivity contribution in [3.05, 3.63) is 48.6 Å². The van der Waals surface area contributed by atoms with E-state index in [1.807, 2.05) is 0 Å². The molecule has 0 heterocycles. The Morgan fingerprint density at radius 2 is 0.821 bits per heavy atom. The van der Waals surface area contributed by atoms with E-state index in [9.17, 15) is 5.11 Å². The summed E-state index contributed by atoms with van der Waals surface area (Å²) >= 11 is 0. The summed E-state index contributed by atoms with van der Waals surface area (Å²) in [4.78, 5) is 0. The van der Waals surface area contributed by atoms with Crippen molar-refractivity contribution in [2.75, 3.05) is 0 Å². The van der Waals surface area contributed by atoms with Gasteiger partial charge in [-0.25, -0.2) is 0 Å². The molecule has 2 atom stereocenters. The minimum absolute atomic E-state index is 0.0689. The summed E-state index contributed by atoms with van der Waals surface area (Å²) in [6.07, 6.45) is 50.2. The van der Waals surface area contributed by atoms with Crippen molar-refractivity contribution in [1.29, 1.82) is 0 Å². The second-order valence-electron chi connectivity index (χ2n) is 12.0. The van der Waals surface area contributed by atoms with Gasteiger partial charge in [0.25, 0.3) is 0 Å². The van der Waals surface area contributed by atoms with Crippen LogP contribution in [-0.2, 0) is 0 Å². The topological polar surface area (TPSA) is 20.2 Å². The van der Waals surface area contributed by atoms with E-state index in [0.29, 0.717) is 0 Å². The van der Waals surface area contributed by atoms with Crippen molar-refractivity contribution in [3.8, 4) is 0 Å². The molecule has 0 rings (SSSR count). The summed E-state index contributed by atoms with van der Waals surface area (Å²) in [7, 11) is 0. The maximum absolute atomic E-state index is 10.3. The fourth-order valence-corrected chi connectivity index (χ4v) is 5.09. The van der Waals surface area contributed by atoms with Gasteiger partial charge < -0.3 is 5.11 Å². The monoisotopic (exact) mass is 543 g/mol. The van der Waals surface area contributed by atoms with Gasteiger partial charge in [-0.15, -0.1) is 0 Å². The minimum atomic E-state index is -0.0689. The van der Waals surface area contributed by atoms with Gasteiger partial charge in [-0.1, -0.05) is 159 Å². The molecule has 0 aromatic rings. The molecular weight excluding hydrogens is 472 g/mol. The Balaban J connectivity index is 3.39. The lowest BCUT2D eigenvalue weighted by molar-refractivity contribution is 0.147. The van der Waals surface area contributed by atoms with Crippen molar-refractivity contribution >= 4 is 0 Å². The molecule has 0 aliphatic rings. The van der Waals surface area contributed by atoms with Gasteiger partial charge in [-0.2, -0.15) is 0 Å². The third-order valence-electron chi connectivity index (χ3n) is 7.84. The molecule has 0 aliphatic heterocycles. The zero-order chi connectivity index (χ0) is 28.5. The number of aliphatic hydroxyl groups is 1. The second kappa shape index (κ2) is 33.1. The van der Waals surface area contributed by atoms with E-state index in [4.69, 9.17) is 0 Å². The lowest BCUT2D eigenvalue weighted by atomic mass is 9.98. The van der Waals surface area contributed by atoms with Crippen LogP contribution in [-0.4, -0.2) is 11.2 Å². The Morgan fingerprint density at radius 1 is 0.436 bits per heavy atom. The van der Waals surface area contributed by atoms with E-state index in [-0.39, 0.29) is 6.10 Å². The minimum Gasteiger partial charge on any atom is -0.393 e. The van der Waals surface area contributed by atoms with Crippen LogP contribution in [0.4, 0.5) is 0 Å². The normalized spacial score (nSPS) is 14.1. The average molecular weight is 543 g/mol. The Hall–Kier alpha value is -1.08. The van der Waals surface area contributed by atoms with Gasteiger partial charge >= 0.3 is 0 Å². The first kappa shape index (κ1) is 37.9. The maximum Gasteiger partial charge on any atom is 0.0540 e. The van der Waals surface area contributed by atoms with Gasteiger partial charge in [0.2, 0.25) is 0 Å². The molecule has 0 saturated heterocycles. The quantitative estimate of drug-likeness (QED) is 0.0706. The molecule has 0 aliphatic carbocycles. The van der Waals surface area contributed by atoms with Crippen LogP contribution in [0.2, 0.25) is 0 Å². The van der Waals surface area contributed by atoms with Crippen LogP contribution in [0.25, 0.3) is 0 Å². The third-order valence-corrected chi connectivity index (χ3v) is 7.84. The second-order valence-corrected chi connectivity index (χ2v) is 12.0. The van der Waals surface area contributed by atoms with E-state index >= 15 is 0 Å². The predicted molar refractivity (Wildman–Crippen MR) is 179 cm³/mol. The van der Waals surface area contributed by atoms with E-state index in [2.05, 4.69) is 69.4 Å². The highest BCUT2D eigenvalue weighted by atomic mass is 16.3. The summed E-state index contributed by atoms with van der Waals surface area (Å²) in [5.41, 5.74) is 0. The molecule has 0 amide bonds. The van der Waals surface area contributed by atoms with Gasteiger partial charge in [0.15, 0.2) is 0 Å². The Bertz CT molecular complexity index is 569. The Kier molecular flexibility index (Phi) is 32.2. The number of aliphatic hydroxyl groups excluding tert-OH is 1. The van der Waals surface area contributed by atoms with Crippen LogP contribution < -0.4 is 0 Å². The molecule has 0 saturated carbocycles. The van der Waals surface area contributed by atoms with Crippen LogP contribution in [0.1, 0.15) is 181 Å². The molecule has 228 valence electrons. The van der Waals surface area contributed by atoms with Crippen molar-refractivity contribution in [3.63, 3.8) is 0 Å². The number of hydrogen-bond acceptors (Lipinski definition) is 1. The van der Waals surface area contributed by atoms with Crippen LogP contribution in [0.3, 0.4) is 0 Å². The lowest BCUT2D eigenvalue weighted by Gasteiger charge is -2.11. The molecule has 0 radical (unpaired) electrons. The smallest absolute Gasteiger partial charge is 0.0540 e. The van der Waals surface area contributed by atoms with Gasteiger partial charge in [-0.05, 0) is 76.5 Å². The fraction of sp³-hybridized carbons (Fsp3) is 0.789. The zero-order valence-corrected chi connectivity index (χ0v) is 26.9. The fourth-order valence-electron chi connectivity index (χ4n) is 5.09. The van der Waals surface area contributed by atoms with Crippen LogP contribution in [0.5, 0.6) is 0 Å². The standard InChI is InChI=1S/C38H70O/c1-4-6-8-10-12-14-15-16-17-18-19-20-22-24-26-31-35-38(39)36-32-28-27-30-34-37(3)33-29-25-23-21-13-11-9-7-5-2/h12-14,16-17,21,25,29,37-39H,4-11,15,18-20,22-24,26-28,30-36H2,1-3H3/b14-12-,17-16-,21-13-,29-25-/t37-,38?/m1/s1. The van der Waals surface area contributed by atoms with Crippen molar-refractivity contribution < 1.29 is 5.11 Å². The first-order chi connectivity index (χ1) is 19.2. The lowest BCUT2D eigenvalue weighted by Crippen LogP contribution is -2.06. The largest absolute Gasteiger partial charge is 0.393 e. The molecule has 1 N–H and O–H groups in total. The average Bonchev–Trinajstić information content (AvgIpc) is 2.93. The summed E-state index contributed by atoms with van der Waals surface area (Å²) in [6.45, 7) is 6.92. The Morgan fingerprint density at radius 3 is 1.31 bits per heavy atom. The highest BCUT2D eigenvalue weighted by Gasteiger charge is 2.04.